The Morgan fingerprint density at radius 3 is 1.71 bits per heavy atom. The summed E-state index contributed by atoms with van der Waals surface area (Å²) in [5, 5.41) is 0. The Morgan fingerprint density at radius 2 is 1.21 bits per heavy atom. The average Bonchev–Trinajstić information content (AvgIpc) is 2.55. The van der Waals surface area contributed by atoms with E-state index in [1.54, 1.807) is 18.2 Å². The molecule has 3 nitrogen and oxygen atoms in total. The van der Waals surface area contributed by atoms with Gasteiger partial charge in [-0.05, 0) is 24.5 Å². The molecule has 0 aliphatic carbocycles. The number of hydrogen-bond donors (Lipinski definition) is 0. The number of aryl methyl sites for hydroxylation is 1. The van der Waals surface area contributed by atoms with Crippen molar-refractivity contribution in [2.45, 2.75) is 95.3 Å². The van der Waals surface area contributed by atoms with Crippen LogP contribution >= 0.6 is 0 Å². The second-order valence-electron chi connectivity index (χ2n) is 6.70. The van der Waals surface area contributed by atoms with Crippen molar-refractivity contribution in [1.29, 1.82) is 0 Å². The number of benzene rings is 1. The van der Waals surface area contributed by atoms with E-state index in [4.69, 9.17) is 0 Å². The Bertz CT molecular complexity index is 538. The van der Waals surface area contributed by atoms with Crippen LogP contribution < -0.4 is 0 Å². The van der Waals surface area contributed by atoms with Gasteiger partial charge in [-0.15, -0.1) is 0 Å². The van der Waals surface area contributed by atoms with Gasteiger partial charge in [0, 0.05) is 0 Å². The fraction of sp³-hybridized carbons (Fsp3) is 0.700. The summed E-state index contributed by atoms with van der Waals surface area (Å²) >= 11 is 0. The molecule has 0 heterocycles. The minimum Gasteiger partial charge on any atom is -0.744 e. The fourth-order valence-electron chi connectivity index (χ4n) is 3.11. The van der Waals surface area contributed by atoms with Crippen LogP contribution in [-0.2, 0) is 16.5 Å². The van der Waals surface area contributed by atoms with Crippen LogP contribution in [0.2, 0.25) is 0 Å². The molecule has 0 amide bonds. The molecule has 0 saturated heterocycles. The van der Waals surface area contributed by atoms with Crippen molar-refractivity contribution in [3.63, 3.8) is 0 Å². The molecule has 0 bridgehead atoms. The zero-order chi connectivity index (χ0) is 17.7. The number of unbranched alkanes of at least 4 members (excludes halogenated alkanes) is 11. The van der Waals surface area contributed by atoms with E-state index in [-0.39, 0.29) is 4.90 Å². The third-order valence-electron chi connectivity index (χ3n) is 4.54. The predicted octanol–water partition coefficient (Wildman–Crippen LogP) is 5.83. The number of hydrogen-bond acceptors (Lipinski definition) is 3. The maximum absolute atomic E-state index is 11.2. The monoisotopic (exact) mass is 353 g/mol. The second-order valence-corrected chi connectivity index (χ2v) is 8.05. The molecule has 0 atom stereocenters. The molecule has 138 valence electrons. The van der Waals surface area contributed by atoms with E-state index in [2.05, 4.69) is 6.92 Å². The largest absolute Gasteiger partial charge is 0.744 e. The molecule has 0 unspecified atom stereocenters. The molecular weight excluding hydrogens is 320 g/mol. The first-order valence-electron chi connectivity index (χ1n) is 9.59. The summed E-state index contributed by atoms with van der Waals surface area (Å²) in [6.45, 7) is 2.25. The lowest BCUT2D eigenvalue weighted by atomic mass is 10.0. The number of rotatable bonds is 14. The first kappa shape index (κ1) is 21.2. The fourth-order valence-corrected chi connectivity index (χ4v) is 3.85. The maximum Gasteiger partial charge on any atom is 0.124 e. The van der Waals surface area contributed by atoms with Crippen LogP contribution in [0.4, 0.5) is 0 Å². The summed E-state index contributed by atoms with van der Waals surface area (Å²) in [5.41, 5.74) is 0.666. The van der Waals surface area contributed by atoms with E-state index in [1.807, 2.05) is 0 Å². The zero-order valence-corrected chi connectivity index (χ0v) is 16.0. The molecule has 0 saturated carbocycles. The lowest BCUT2D eigenvalue weighted by Crippen LogP contribution is -2.03. The Kier molecular flexibility index (Phi) is 11.0. The van der Waals surface area contributed by atoms with Crippen molar-refractivity contribution < 1.29 is 13.0 Å². The third-order valence-corrected chi connectivity index (χ3v) is 5.48. The summed E-state index contributed by atoms with van der Waals surface area (Å²) in [5.74, 6) is 0. The average molecular weight is 354 g/mol. The van der Waals surface area contributed by atoms with Gasteiger partial charge in [-0.2, -0.15) is 0 Å². The highest BCUT2D eigenvalue weighted by Gasteiger charge is 2.07. The van der Waals surface area contributed by atoms with Gasteiger partial charge in [-0.3, -0.25) is 0 Å². The van der Waals surface area contributed by atoms with Gasteiger partial charge in [-0.25, -0.2) is 8.42 Å². The minimum atomic E-state index is -4.35. The van der Waals surface area contributed by atoms with Crippen molar-refractivity contribution >= 4 is 10.1 Å². The van der Waals surface area contributed by atoms with Crippen LogP contribution in [-0.4, -0.2) is 13.0 Å². The highest BCUT2D eigenvalue weighted by atomic mass is 32.2. The summed E-state index contributed by atoms with van der Waals surface area (Å²) in [6.07, 6.45) is 16.0. The molecule has 1 rings (SSSR count). The lowest BCUT2D eigenvalue weighted by Gasteiger charge is -2.12. The van der Waals surface area contributed by atoms with E-state index in [0.717, 1.165) is 12.8 Å². The van der Waals surface area contributed by atoms with Gasteiger partial charge < -0.3 is 4.55 Å². The van der Waals surface area contributed by atoms with Crippen LogP contribution in [0.1, 0.15) is 89.5 Å². The molecule has 1 aromatic carbocycles. The lowest BCUT2D eigenvalue weighted by molar-refractivity contribution is 0.461. The quantitative estimate of drug-likeness (QED) is 0.312. The summed E-state index contributed by atoms with van der Waals surface area (Å²) in [6, 6.07) is 6.57. The van der Waals surface area contributed by atoms with Gasteiger partial charge in [0.2, 0.25) is 0 Å². The topological polar surface area (TPSA) is 57.2 Å². The highest BCUT2D eigenvalue weighted by molar-refractivity contribution is 7.85. The van der Waals surface area contributed by atoms with Crippen LogP contribution in [0.15, 0.2) is 29.2 Å². The van der Waals surface area contributed by atoms with E-state index in [9.17, 15) is 13.0 Å². The van der Waals surface area contributed by atoms with Crippen molar-refractivity contribution in [3.05, 3.63) is 29.8 Å². The normalized spacial score (nSPS) is 11.8. The Morgan fingerprint density at radius 1 is 0.750 bits per heavy atom. The molecule has 0 aromatic heterocycles. The molecular formula is C20H33O3S-. The predicted molar refractivity (Wildman–Crippen MR) is 99.2 cm³/mol. The first-order valence-corrected chi connectivity index (χ1v) is 11.0. The molecule has 0 aliphatic heterocycles. The first-order chi connectivity index (χ1) is 11.6. The van der Waals surface area contributed by atoms with E-state index >= 15 is 0 Å². The molecule has 0 radical (unpaired) electrons. The molecule has 0 N–H and O–H groups in total. The van der Waals surface area contributed by atoms with Crippen molar-refractivity contribution in [1.82, 2.24) is 0 Å². The molecule has 4 heteroatoms. The molecule has 0 spiro atoms. The van der Waals surface area contributed by atoms with Gasteiger partial charge in [0.15, 0.2) is 0 Å². The van der Waals surface area contributed by atoms with E-state index < -0.39 is 10.1 Å². The van der Waals surface area contributed by atoms with Gasteiger partial charge >= 0.3 is 0 Å². The Labute approximate surface area is 148 Å². The van der Waals surface area contributed by atoms with Crippen LogP contribution in [0, 0.1) is 0 Å². The zero-order valence-electron chi connectivity index (χ0n) is 15.1. The van der Waals surface area contributed by atoms with E-state index in [1.165, 1.54) is 70.3 Å². The molecule has 1 aromatic rings. The second kappa shape index (κ2) is 12.5. The summed E-state index contributed by atoms with van der Waals surface area (Å²) in [7, 11) is -4.35. The molecule has 0 fully saturated rings. The van der Waals surface area contributed by atoms with Gasteiger partial charge in [0.05, 0.1) is 4.90 Å². The maximum atomic E-state index is 11.2. The van der Waals surface area contributed by atoms with Crippen LogP contribution in [0.3, 0.4) is 0 Å². The van der Waals surface area contributed by atoms with E-state index in [0.29, 0.717) is 12.0 Å². The van der Waals surface area contributed by atoms with Crippen molar-refractivity contribution in [3.8, 4) is 0 Å². The van der Waals surface area contributed by atoms with Crippen molar-refractivity contribution in [2.24, 2.45) is 0 Å². The summed E-state index contributed by atoms with van der Waals surface area (Å²) in [4.78, 5) is -0.0481. The standard InChI is InChI=1S/C20H34O3S/c1-2-3-4-5-6-7-8-9-10-11-12-13-16-19-17-14-15-18-20(19)24(21,22)23/h14-15,17-18H,2-13,16H2,1H3,(H,21,22,23)/p-1. The molecule has 24 heavy (non-hydrogen) atoms. The highest BCUT2D eigenvalue weighted by Crippen LogP contribution is 2.18. The molecule has 0 aliphatic rings. The van der Waals surface area contributed by atoms with Gasteiger partial charge in [0.1, 0.15) is 10.1 Å². The van der Waals surface area contributed by atoms with Crippen molar-refractivity contribution in [2.75, 3.05) is 0 Å². The summed E-state index contributed by atoms with van der Waals surface area (Å²) < 4.78 is 33.6. The van der Waals surface area contributed by atoms with Gasteiger partial charge in [0.25, 0.3) is 0 Å². The third kappa shape index (κ3) is 9.43. The van der Waals surface area contributed by atoms with Crippen LogP contribution in [0.25, 0.3) is 0 Å². The Balaban J connectivity index is 2.05. The minimum absolute atomic E-state index is 0.0481. The van der Waals surface area contributed by atoms with Gasteiger partial charge in [-0.1, -0.05) is 95.8 Å². The SMILES string of the molecule is CCCCCCCCCCCCCCc1ccccc1S(=O)(=O)[O-]. The van der Waals surface area contributed by atoms with Crippen LogP contribution in [0.5, 0.6) is 0 Å². The smallest absolute Gasteiger partial charge is 0.124 e. The Hall–Kier alpha value is -0.870.